The summed E-state index contributed by atoms with van der Waals surface area (Å²) in [6.07, 6.45) is 1.48. The Balaban J connectivity index is 1.77. The second kappa shape index (κ2) is 7.96. The smallest absolute Gasteiger partial charge is 0.227 e. The SMILES string of the molecule is Cc1ccc(S(=O)(=O)C(=NNc2n[nH]c(C)c2-c2ccccc2)c2ccn[nH]2)cc1. The molecule has 0 fully saturated rings. The first kappa shape index (κ1) is 19.6. The van der Waals surface area contributed by atoms with Crippen molar-refractivity contribution in [1.82, 2.24) is 20.4 Å². The maximum absolute atomic E-state index is 13.3. The molecule has 9 heteroatoms. The van der Waals surface area contributed by atoms with Gasteiger partial charge in [0.1, 0.15) is 0 Å². The summed E-state index contributed by atoms with van der Waals surface area (Å²) < 4.78 is 26.6. The second-order valence-electron chi connectivity index (χ2n) is 6.75. The van der Waals surface area contributed by atoms with Gasteiger partial charge in [-0.1, -0.05) is 48.0 Å². The van der Waals surface area contributed by atoms with E-state index in [0.717, 1.165) is 22.4 Å². The van der Waals surface area contributed by atoms with Crippen LogP contribution in [0.5, 0.6) is 0 Å². The molecule has 0 radical (unpaired) electrons. The Morgan fingerprint density at radius 3 is 2.37 bits per heavy atom. The van der Waals surface area contributed by atoms with Crippen molar-refractivity contribution in [3.63, 3.8) is 0 Å². The summed E-state index contributed by atoms with van der Waals surface area (Å²) in [5.41, 5.74) is 6.65. The highest BCUT2D eigenvalue weighted by atomic mass is 32.2. The highest BCUT2D eigenvalue weighted by Gasteiger charge is 2.26. The molecular formula is C21H20N6O2S. The minimum Gasteiger partial charge on any atom is -0.280 e. The van der Waals surface area contributed by atoms with Crippen molar-refractivity contribution in [2.45, 2.75) is 18.7 Å². The average Bonchev–Trinajstić information content (AvgIpc) is 3.39. The fourth-order valence-electron chi connectivity index (χ4n) is 3.04. The molecule has 2 heterocycles. The van der Waals surface area contributed by atoms with Crippen LogP contribution < -0.4 is 5.43 Å². The number of anilines is 1. The number of hydrazone groups is 1. The van der Waals surface area contributed by atoms with Crippen LogP contribution in [0.3, 0.4) is 0 Å². The molecule has 8 nitrogen and oxygen atoms in total. The Hall–Kier alpha value is -3.72. The van der Waals surface area contributed by atoms with Crippen molar-refractivity contribution in [2.75, 3.05) is 5.43 Å². The minimum absolute atomic E-state index is 0.143. The predicted octanol–water partition coefficient (Wildman–Crippen LogP) is 3.66. The van der Waals surface area contributed by atoms with Gasteiger partial charge < -0.3 is 0 Å². The zero-order valence-corrected chi connectivity index (χ0v) is 17.2. The quantitative estimate of drug-likeness (QED) is 0.259. The van der Waals surface area contributed by atoms with E-state index in [2.05, 4.69) is 30.9 Å². The maximum atomic E-state index is 13.3. The summed E-state index contributed by atoms with van der Waals surface area (Å²) in [5.74, 6) is 0.426. The predicted molar refractivity (Wildman–Crippen MR) is 116 cm³/mol. The van der Waals surface area contributed by atoms with Gasteiger partial charge in [-0.3, -0.25) is 15.6 Å². The molecular weight excluding hydrogens is 400 g/mol. The topological polar surface area (TPSA) is 116 Å². The van der Waals surface area contributed by atoms with Gasteiger partial charge in [-0.25, -0.2) is 8.42 Å². The number of nitrogens with zero attached hydrogens (tertiary/aromatic N) is 3. The zero-order chi connectivity index (χ0) is 21.1. The first-order chi connectivity index (χ1) is 14.5. The number of hydrogen-bond acceptors (Lipinski definition) is 6. The number of benzene rings is 2. The van der Waals surface area contributed by atoms with E-state index >= 15 is 0 Å². The lowest BCUT2D eigenvalue weighted by Gasteiger charge is -2.08. The molecule has 0 unspecified atom stereocenters. The Morgan fingerprint density at radius 2 is 1.70 bits per heavy atom. The molecule has 4 rings (SSSR count). The number of nitrogens with one attached hydrogen (secondary N) is 3. The normalized spacial score (nSPS) is 12.1. The molecule has 30 heavy (non-hydrogen) atoms. The Bertz CT molecular complexity index is 1280. The Kier molecular flexibility index (Phi) is 5.20. The molecule has 2 aromatic carbocycles. The highest BCUT2D eigenvalue weighted by molar-refractivity contribution is 8.07. The molecule has 152 valence electrons. The van der Waals surface area contributed by atoms with Gasteiger partial charge in [-0.15, -0.1) is 0 Å². The molecule has 0 aliphatic carbocycles. The average molecular weight is 420 g/mol. The first-order valence-corrected chi connectivity index (χ1v) is 10.7. The van der Waals surface area contributed by atoms with E-state index in [0.29, 0.717) is 5.82 Å². The summed E-state index contributed by atoms with van der Waals surface area (Å²) >= 11 is 0. The number of rotatable bonds is 5. The number of aromatic nitrogens is 4. The van der Waals surface area contributed by atoms with Gasteiger partial charge in [0.25, 0.3) is 0 Å². The van der Waals surface area contributed by atoms with Crippen molar-refractivity contribution >= 4 is 20.7 Å². The molecule has 0 bridgehead atoms. The highest BCUT2D eigenvalue weighted by Crippen LogP contribution is 2.29. The largest absolute Gasteiger partial charge is 0.280 e. The van der Waals surface area contributed by atoms with Crippen LogP contribution in [-0.2, 0) is 9.84 Å². The lowest BCUT2D eigenvalue weighted by atomic mass is 10.1. The van der Waals surface area contributed by atoms with Gasteiger partial charge in [-0.05, 0) is 37.6 Å². The van der Waals surface area contributed by atoms with Crippen molar-refractivity contribution in [3.8, 4) is 11.1 Å². The van der Waals surface area contributed by atoms with Crippen molar-refractivity contribution in [3.05, 3.63) is 83.8 Å². The third kappa shape index (κ3) is 3.74. The Labute approximate surface area is 174 Å². The fraction of sp³-hybridized carbons (Fsp3) is 0.0952. The molecule has 0 saturated carbocycles. The van der Waals surface area contributed by atoms with E-state index in [-0.39, 0.29) is 15.6 Å². The second-order valence-corrected chi connectivity index (χ2v) is 8.62. The monoisotopic (exact) mass is 420 g/mol. The van der Waals surface area contributed by atoms with Gasteiger partial charge in [0.15, 0.2) is 5.82 Å². The van der Waals surface area contributed by atoms with Crippen molar-refractivity contribution in [1.29, 1.82) is 0 Å². The van der Waals surface area contributed by atoms with Gasteiger partial charge in [0.05, 0.1) is 10.6 Å². The molecule has 0 aliphatic rings. The first-order valence-electron chi connectivity index (χ1n) is 9.22. The number of aromatic amines is 2. The van der Waals surface area contributed by atoms with Gasteiger partial charge in [0, 0.05) is 17.5 Å². The van der Waals surface area contributed by atoms with Gasteiger partial charge in [0.2, 0.25) is 14.9 Å². The molecule has 0 atom stereocenters. The summed E-state index contributed by atoms with van der Waals surface area (Å²) in [4.78, 5) is 0.143. The third-order valence-corrected chi connectivity index (χ3v) is 6.30. The van der Waals surface area contributed by atoms with Gasteiger partial charge in [-0.2, -0.15) is 15.3 Å². The number of hydrogen-bond donors (Lipinski definition) is 3. The van der Waals surface area contributed by atoms with E-state index in [1.165, 1.54) is 6.20 Å². The number of sulfone groups is 1. The maximum Gasteiger partial charge on any atom is 0.227 e. The summed E-state index contributed by atoms with van der Waals surface area (Å²) in [6, 6.07) is 17.8. The lowest BCUT2D eigenvalue weighted by molar-refractivity contribution is 0.607. The van der Waals surface area contributed by atoms with Crippen LogP contribution in [0.15, 0.2) is 76.9 Å². The molecule has 0 saturated heterocycles. The zero-order valence-electron chi connectivity index (χ0n) is 16.4. The fourth-order valence-corrected chi connectivity index (χ4v) is 4.33. The summed E-state index contributed by atoms with van der Waals surface area (Å²) in [7, 11) is -3.90. The van der Waals surface area contributed by atoms with Crippen LogP contribution in [-0.4, -0.2) is 33.9 Å². The van der Waals surface area contributed by atoms with E-state index in [1.807, 2.05) is 44.2 Å². The standard InChI is InChI=1S/C21H20N6O2S/c1-14-8-10-17(11-9-14)30(28,29)21(18-12-13-22-24-18)27-26-20-19(15(2)23-25-20)16-6-4-3-5-7-16/h3-13H,1-2H3,(H,22,24)(H2,23,25,26). The molecule has 0 aliphatic heterocycles. The summed E-state index contributed by atoms with van der Waals surface area (Å²) in [5, 5.41) is 17.8. The van der Waals surface area contributed by atoms with Crippen LogP contribution in [0.25, 0.3) is 11.1 Å². The number of H-pyrrole nitrogens is 2. The molecule has 0 amide bonds. The van der Waals surface area contributed by atoms with Crippen LogP contribution in [0, 0.1) is 13.8 Å². The third-order valence-electron chi connectivity index (χ3n) is 4.59. The molecule has 0 spiro atoms. The lowest BCUT2D eigenvalue weighted by Crippen LogP contribution is -2.19. The van der Waals surface area contributed by atoms with Crippen LogP contribution in [0.1, 0.15) is 17.0 Å². The minimum atomic E-state index is -3.90. The Morgan fingerprint density at radius 1 is 0.967 bits per heavy atom. The molecule has 2 aromatic heterocycles. The van der Waals surface area contributed by atoms with E-state index < -0.39 is 9.84 Å². The molecule has 3 N–H and O–H groups in total. The van der Waals surface area contributed by atoms with Crippen LogP contribution >= 0.6 is 0 Å². The van der Waals surface area contributed by atoms with E-state index in [1.54, 1.807) is 30.3 Å². The molecule has 4 aromatic rings. The van der Waals surface area contributed by atoms with Gasteiger partial charge >= 0.3 is 0 Å². The number of aryl methyl sites for hydroxylation is 2. The van der Waals surface area contributed by atoms with Crippen molar-refractivity contribution < 1.29 is 8.42 Å². The van der Waals surface area contributed by atoms with E-state index in [4.69, 9.17) is 0 Å². The van der Waals surface area contributed by atoms with Crippen LogP contribution in [0.2, 0.25) is 0 Å². The van der Waals surface area contributed by atoms with Crippen molar-refractivity contribution in [2.24, 2.45) is 5.10 Å². The van der Waals surface area contributed by atoms with E-state index in [9.17, 15) is 8.42 Å². The summed E-state index contributed by atoms with van der Waals surface area (Å²) in [6.45, 7) is 3.79. The van der Waals surface area contributed by atoms with Crippen LogP contribution in [0.4, 0.5) is 5.82 Å².